The molecule has 3 aliphatic rings. The molecule has 0 radical (unpaired) electrons. The summed E-state index contributed by atoms with van der Waals surface area (Å²) in [5.41, 5.74) is -4.08. The molecule has 2 saturated heterocycles. The second kappa shape index (κ2) is 17.6. The van der Waals surface area contributed by atoms with E-state index < -0.39 is 80.5 Å². The van der Waals surface area contributed by atoms with Crippen molar-refractivity contribution in [3.63, 3.8) is 0 Å². The summed E-state index contributed by atoms with van der Waals surface area (Å²) >= 11 is 1.98. The SMILES string of the molecule is COc1ccc(CO[C@@H]2O[C@H](C)[C@H](OS(=O)(=O)C(F)(F)F)[C@H](OCc3ccc(OC)cc3)[C@H]2O[C@@H]2OC[C@H](N3C(=O)c4ccccc4C3=O)[C@@H](OC)[C@H]2I)cc1. The van der Waals surface area contributed by atoms with Crippen LogP contribution in [0.25, 0.3) is 0 Å². The Balaban J connectivity index is 1.32. The number of halogens is 4. The molecule has 14 nitrogen and oxygen atoms in total. The molecule has 2 amide bonds. The molecule has 3 aromatic carbocycles. The van der Waals surface area contributed by atoms with Crippen LogP contribution in [0.3, 0.4) is 0 Å². The maximum absolute atomic E-state index is 13.8. The van der Waals surface area contributed by atoms with Crippen molar-refractivity contribution in [2.45, 2.75) is 78.7 Å². The Morgan fingerprint density at radius 3 is 1.80 bits per heavy atom. The third kappa shape index (κ3) is 8.85. The molecule has 3 aliphatic heterocycles. The van der Waals surface area contributed by atoms with E-state index in [9.17, 15) is 31.2 Å². The van der Waals surface area contributed by atoms with Gasteiger partial charge in [0.25, 0.3) is 11.8 Å². The second-order valence-electron chi connectivity index (χ2n) is 13.0. The summed E-state index contributed by atoms with van der Waals surface area (Å²) in [4.78, 5) is 27.9. The van der Waals surface area contributed by atoms with Crippen molar-refractivity contribution >= 4 is 44.5 Å². The topological polar surface area (TPSA) is 155 Å². The lowest BCUT2D eigenvalue weighted by atomic mass is 9.98. The van der Waals surface area contributed by atoms with Crippen molar-refractivity contribution in [1.82, 2.24) is 4.90 Å². The molecular weight excluding hydrogens is 882 g/mol. The van der Waals surface area contributed by atoms with Crippen molar-refractivity contribution in [1.29, 1.82) is 0 Å². The van der Waals surface area contributed by atoms with Gasteiger partial charge in [0.2, 0.25) is 0 Å². The van der Waals surface area contributed by atoms with Crippen LogP contribution in [-0.4, -0.2) is 112 Å². The zero-order valence-electron chi connectivity index (χ0n) is 30.4. The highest BCUT2D eigenvalue weighted by atomic mass is 127. The number of ether oxygens (including phenoxy) is 8. The molecule has 0 unspecified atom stereocenters. The molecule has 0 N–H and O–H groups in total. The molecule has 3 heterocycles. The van der Waals surface area contributed by atoms with Crippen LogP contribution < -0.4 is 9.47 Å². The summed E-state index contributed by atoms with van der Waals surface area (Å²) in [6.45, 7) is 0.752. The van der Waals surface area contributed by atoms with Crippen molar-refractivity contribution in [2.75, 3.05) is 27.9 Å². The van der Waals surface area contributed by atoms with Gasteiger partial charge in [-0.3, -0.25) is 18.7 Å². The zero-order chi connectivity index (χ0) is 40.4. The second-order valence-corrected chi connectivity index (χ2v) is 16.0. The van der Waals surface area contributed by atoms with Gasteiger partial charge in [-0.25, -0.2) is 0 Å². The number of carbonyl (C=O) groups excluding carboxylic acids is 2. The number of methoxy groups -OCH3 is 3. The van der Waals surface area contributed by atoms with Crippen molar-refractivity contribution in [3.05, 3.63) is 95.1 Å². The van der Waals surface area contributed by atoms with E-state index in [0.717, 1.165) is 4.90 Å². The number of imide groups is 1. The van der Waals surface area contributed by atoms with Gasteiger partial charge < -0.3 is 37.9 Å². The van der Waals surface area contributed by atoms with Crippen molar-refractivity contribution < 1.29 is 73.3 Å². The standard InChI is InChI=1S/C37H39F3INO13S/c1-20-29(55-56(45,46)37(38,39)40)31(50-17-21-9-13-23(47-2)14-10-21)32(36(53-20)51-18-22-11-15-24(48-3)16-12-22)54-35-28(41)30(49-4)27(19-52-35)42-33(43)25-7-5-6-8-26(25)34(42)44/h5-16,20,27-32,35-36H,17-19H2,1-4H3/t20-,27+,28-,29+,30-,31+,32-,35+,36-/m1/s1. The fourth-order valence-electron chi connectivity index (χ4n) is 6.62. The smallest absolute Gasteiger partial charge is 0.497 e. The molecule has 9 atom stereocenters. The number of alkyl halides is 4. The van der Waals surface area contributed by atoms with E-state index in [1.165, 1.54) is 28.3 Å². The molecule has 19 heteroatoms. The highest BCUT2D eigenvalue weighted by molar-refractivity contribution is 14.1. The summed E-state index contributed by atoms with van der Waals surface area (Å²) in [7, 11) is -1.79. The first-order chi connectivity index (χ1) is 26.7. The average molecular weight is 922 g/mol. The van der Waals surface area contributed by atoms with E-state index in [4.69, 9.17) is 42.1 Å². The van der Waals surface area contributed by atoms with Gasteiger partial charge in [0, 0.05) is 7.11 Å². The van der Waals surface area contributed by atoms with Gasteiger partial charge >= 0.3 is 15.6 Å². The lowest BCUT2D eigenvalue weighted by Crippen LogP contribution is -2.64. The Morgan fingerprint density at radius 1 is 0.768 bits per heavy atom. The average Bonchev–Trinajstić information content (AvgIpc) is 3.44. The number of fused-ring (bicyclic) bond motifs is 1. The van der Waals surface area contributed by atoms with E-state index >= 15 is 0 Å². The predicted octanol–water partition coefficient (Wildman–Crippen LogP) is 5.01. The van der Waals surface area contributed by atoms with Gasteiger partial charge in [0.15, 0.2) is 12.6 Å². The van der Waals surface area contributed by atoms with Gasteiger partial charge in [0.1, 0.15) is 29.8 Å². The lowest BCUT2D eigenvalue weighted by molar-refractivity contribution is -0.340. The molecule has 2 fully saturated rings. The van der Waals surface area contributed by atoms with Gasteiger partial charge in [-0.1, -0.05) is 59.0 Å². The van der Waals surface area contributed by atoms with Crippen molar-refractivity contribution in [3.8, 4) is 11.5 Å². The quantitative estimate of drug-likeness (QED) is 0.0701. The van der Waals surface area contributed by atoms with Crippen LogP contribution in [-0.2, 0) is 55.9 Å². The van der Waals surface area contributed by atoms with Crippen LogP contribution in [0, 0.1) is 0 Å². The summed E-state index contributed by atoms with van der Waals surface area (Å²) < 4.78 is 118. The normalized spacial score (nSPS) is 28.3. The van der Waals surface area contributed by atoms with E-state index in [2.05, 4.69) is 0 Å². The molecule has 0 spiro atoms. The molecule has 0 aliphatic carbocycles. The van der Waals surface area contributed by atoms with Crippen LogP contribution in [0.15, 0.2) is 72.8 Å². The summed E-state index contributed by atoms with van der Waals surface area (Å²) in [6, 6.07) is 19.0. The predicted molar refractivity (Wildman–Crippen MR) is 197 cm³/mol. The number of carbonyl (C=O) groups is 2. The zero-order valence-corrected chi connectivity index (χ0v) is 33.4. The molecule has 0 aromatic heterocycles. The Bertz CT molecular complexity index is 1920. The fraction of sp³-hybridized carbons (Fsp3) is 0.459. The first-order valence-electron chi connectivity index (χ1n) is 17.2. The van der Waals surface area contributed by atoms with Crippen LogP contribution in [0.2, 0.25) is 0 Å². The molecule has 0 saturated carbocycles. The van der Waals surface area contributed by atoms with Crippen LogP contribution in [0.1, 0.15) is 38.8 Å². The highest BCUT2D eigenvalue weighted by Crippen LogP contribution is 2.38. The molecule has 304 valence electrons. The molecular formula is C37H39F3INO13S. The number of rotatable bonds is 14. The fourth-order valence-corrected chi connectivity index (χ4v) is 8.44. The first kappa shape index (κ1) is 42.2. The molecule has 6 rings (SSSR count). The van der Waals surface area contributed by atoms with Gasteiger partial charge in [-0.2, -0.15) is 21.6 Å². The maximum Gasteiger partial charge on any atom is 0.523 e. The Labute approximate surface area is 334 Å². The number of benzene rings is 3. The van der Waals surface area contributed by atoms with E-state index in [-0.39, 0.29) is 30.9 Å². The maximum atomic E-state index is 13.8. The number of nitrogens with zero attached hydrogens (tertiary/aromatic N) is 1. The number of hydrogen-bond donors (Lipinski definition) is 0. The molecule has 0 bridgehead atoms. The summed E-state index contributed by atoms with van der Waals surface area (Å²) in [6.07, 6.45) is -9.81. The van der Waals surface area contributed by atoms with E-state index in [1.54, 1.807) is 72.8 Å². The highest BCUT2D eigenvalue weighted by Gasteiger charge is 2.57. The minimum Gasteiger partial charge on any atom is -0.497 e. The Morgan fingerprint density at radius 2 is 1.30 bits per heavy atom. The van der Waals surface area contributed by atoms with Crippen LogP contribution >= 0.6 is 22.6 Å². The Kier molecular flexibility index (Phi) is 13.3. The van der Waals surface area contributed by atoms with Gasteiger partial charge in [-0.15, -0.1) is 0 Å². The summed E-state index contributed by atoms with van der Waals surface area (Å²) in [5.74, 6) is 0.0754. The van der Waals surface area contributed by atoms with Gasteiger partial charge in [-0.05, 0) is 54.4 Å². The van der Waals surface area contributed by atoms with Crippen LogP contribution in [0.5, 0.6) is 11.5 Å². The lowest BCUT2D eigenvalue weighted by Gasteiger charge is -2.48. The van der Waals surface area contributed by atoms with Gasteiger partial charge in [0.05, 0.1) is 67.3 Å². The van der Waals surface area contributed by atoms with Crippen molar-refractivity contribution in [2.24, 2.45) is 0 Å². The monoisotopic (exact) mass is 921 g/mol. The Hall–Kier alpha value is -3.41. The molecule has 56 heavy (non-hydrogen) atoms. The summed E-state index contributed by atoms with van der Waals surface area (Å²) in [5, 5.41) is 0. The third-order valence-electron chi connectivity index (χ3n) is 9.53. The third-order valence-corrected chi connectivity index (χ3v) is 11.9. The van der Waals surface area contributed by atoms with E-state index in [0.29, 0.717) is 22.6 Å². The van der Waals surface area contributed by atoms with Crippen LogP contribution in [0.4, 0.5) is 13.2 Å². The minimum absolute atomic E-state index is 0.0828. The number of amides is 2. The minimum atomic E-state index is -6.17. The first-order valence-corrected chi connectivity index (χ1v) is 19.9. The largest absolute Gasteiger partial charge is 0.523 e. The van der Waals surface area contributed by atoms with E-state index in [1.807, 2.05) is 22.6 Å². The number of hydrogen-bond acceptors (Lipinski definition) is 13. The molecule has 3 aromatic rings.